The minimum absolute atomic E-state index is 0.00428. The molecule has 0 fully saturated rings. The lowest BCUT2D eigenvalue weighted by molar-refractivity contribution is -0.126. The Balaban J connectivity index is 1.70. The first kappa shape index (κ1) is 19.4. The Morgan fingerprint density at radius 1 is 1.10 bits per heavy atom. The number of hydrogen-bond acceptors (Lipinski definition) is 4. The Morgan fingerprint density at radius 3 is 2.31 bits per heavy atom. The summed E-state index contributed by atoms with van der Waals surface area (Å²) in [6.07, 6.45) is 0.766. The van der Waals surface area contributed by atoms with E-state index in [-0.39, 0.29) is 17.9 Å². The zero-order valence-corrected chi connectivity index (χ0v) is 17.0. The Kier molecular flexibility index (Phi) is 5.76. The van der Waals surface area contributed by atoms with Crippen LogP contribution in [-0.4, -0.2) is 35.1 Å². The minimum Gasteiger partial charge on any atom is -0.361 e. The van der Waals surface area contributed by atoms with Crippen molar-refractivity contribution in [3.05, 3.63) is 88.8 Å². The third-order valence-electron chi connectivity index (χ3n) is 5.70. The van der Waals surface area contributed by atoms with E-state index in [1.807, 2.05) is 26.0 Å². The van der Waals surface area contributed by atoms with E-state index in [0.29, 0.717) is 13.1 Å². The molecule has 2 aromatic carbocycles. The average Bonchev–Trinajstić information content (AvgIpc) is 3.18. The second-order valence-corrected chi connectivity index (χ2v) is 7.51. The van der Waals surface area contributed by atoms with E-state index < -0.39 is 0 Å². The number of carbonyl (C=O) groups excluding carboxylic acids is 1. The third-order valence-corrected chi connectivity index (χ3v) is 5.70. The van der Waals surface area contributed by atoms with E-state index in [1.165, 1.54) is 11.1 Å². The van der Waals surface area contributed by atoms with Crippen LogP contribution in [0.5, 0.6) is 0 Å². The van der Waals surface area contributed by atoms with Gasteiger partial charge in [-0.25, -0.2) is 0 Å². The van der Waals surface area contributed by atoms with Crippen LogP contribution in [0.1, 0.15) is 47.9 Å². The van der Waals surface area contributed by atoms with Crippen LogP contribution in [0.15, 0.2) is 65.2 Å². The van der Waals surface area contributed by atoms with Crippen LogP contribution in [0.25, 0.3) is 0 Å². The van der Waals surface area contributed by atoms with Gasteiger partial charge in [0.2, 0.25) is 5.91 Å². The highest BCUT2D eigenvalue weighted by atomic mass is 16.5. The van der Waals surface area contributed by atoms with Crippen LogP contribution < -0.4 is 5.32 Å². The van der Waals surface area contributed by atoms with Crippen LogP contribution in [0.2, 0.25) is 0 Å². The predicted octanol–water partition coefficient (Wildman–Crippen LogP) is 3.74. The lowest BCUT2D eigenvalue weighted by Gasteiger charge is -2.31. The number of likely N-dealkylation sites (N-methyl/N-ethyl adjacent to an activating group) is 1. The summed E-state index contributed by atoms with van der Waals surface area (Å²) in [5, 5.41) is 7.45. The normalized spacial score (nSPS) is 15.1. The van der Waals surface area contributed by atoms with Crippen molar-refractivity contribution in [2.24, 2.45) is 0 Å². The molecule has 2 heterocycles. The Labute approximate surface area is 171 Å². The maximum Gasteiger partial charge on any atom is 0.237 e. The minimum atomic E-state index is -0.183. The standard InChI is InChI=1S/C24H27N3O2/c1-3-25-24(28)17(2)27-15-14-21-20(16-27)23(26-29-21)22(18-10-6-4-7-11-18)19-12-8-5-9-13-19/h4-13,17,22H,3,14-16H2,1-2H3,(H,25,28). The summed E-state index contributed by atoms with van der Waals surface area (Å²) in [7, 11) is 0. The van der Waals surface area contributed by atoms with E-state index in [2.05, 4.69) is 63.9 Å². The second kappa shape index (κ2) is 8.62. The van der Waals surface area contributed by atoms with Crippen molar-refractivity contribution in [2.45, 2.75) is 38.8 Å². The highest BCUT2D eigenvalue weighted by molar-refractivity contribution is 5.81. The number of hydrogen-bond donors (Lipinski definition) is 1. The number of nitrogens with zero attached hydrogens (tertiary/aromatic N) is 2. The van der Waals surface area contributed by atoms with Crippen LogP contribution in [0.4, 0.5) is 0 Å². The molecule has 1 atom stereocenters. The Bertz CT molecular complexity index is 913. The lowest BCUT2D eigenvalue weighted by Crippen LogP contribution is -2.47. The smallest absolute Gasteiger partial charge is 0.237 e. The third kappa shape index (κ3) is 3.96. The Morgan fingerprint density at radius 2 is 1.72 bits per heavy atom. The van der Waals surface area contributed by atoms with Gasteiger partial charge in [0, 0.05) is 31.6 Å². The van der Waals surface area contributed by atoms with Crippen LogP contribution >= 0.6 is 0 Å². The van der Waals surface area contributed by atoms with Gasteiger partial charge in [0.25, 0.3) is 0 Å². The summed E-state index contributed by atoms with van der Waals surface area (Å²) < 4.78 is 5.77. The molecule has 29 heavy (non-hydrogen) atoms. The predicted molar refractivity (Wildman–Crippen MR) is 113 cm³/mol. The van der Waals surface area contributed by atoms with E-state index in [1.54, 1.807) is 0 Å². The molecule has 3 aromatic rings. The van der Waals surface area contributed by atoms with Crippen molar-refractivity contribution in [3.63, 3.8) is 0 Å². The molecule has 1 unspecified atom stereocenters. The monoisotopic (exact) mass is 389 g/mol. The van der Waals surface area contributed by atoms with Gasteiger partial charge in [0.1, 0.15) is 11.5 Å². The topological polar surface area (TPSA) is 58.4 Å². The van der Waals surface area contributed by atoms with Crippen molar-refractivity contribution in [1.29, 1.82) is 0 Å². The van der Waals surface area contributed by atoms with Gasteiger partial charge in [-0.3, -0.25) is 9.69 Å². The van der Waals surface area contributed by atoms with Gasteiger partial charge < -0.3 is 9.84 Å². The zero-order chi connectivity index (χ0) is 20.2. The molecular formula is C24H27N3O2. The van der Waals surface area contributed by atoms with Crippen LogP contribution in [0.3, 0.4) is 0 Å². The molecule has 1 amide bonds. The van der Waals surface area contributed by atoms with Crippen LogP contribution in [-0.2, 0) is 17.8 Å². The van der Waals surface area contributed by atoms with Gasteiger partial charge in [-0.1, -0.05) is 65.8 Å². The maximum absolute atomic E-state index is 12.4. The van der Waals surface area contributed by atoms with Gasteiger partial charge in [-0.2, -0.15) is 0 Å². The van der Waals surface area contributed by atoms with E-state index in [9.17, 15) is 4.79 Å². The number of benzene rings is 2. The number of fused-ring (bicyclic) bond motifs is 1. The SMILES string of the molecule is CCNC(=O)C(C)N1CCc2onc(C(c3ccccc3)c3ccccc3)c2C1. The fourth-order valence-electron chi connectivity index (χ4n) is 4.09. The molecule has 0 saturated heterocycles. The molecule has 1 aliphatic rings. The summed E-state index contributed by atoms with van der Waals surface area (Å²) >= 11 is 0. The molecule has 4 rings (SSSR count). The van der Waals surface area contributed by atoms with Crippen molar-refractivity contribution in [3.8, 4) is 0 Å². The summed E-state index contributed by atoms with van der Waals surface area (Å²) in [6.45, 7) is 6.02. The molecule has 1 aliphatic heterocycles. The average molecular weight is 389 g/mol. The highest BCUT2D eigenvalue weighted by Gasteiger charge is 2.32. The highest BCUT2D eigenvalue weighted by Crippen LogP contribution is 2.36. The number of rotatable bonds is 6. The molecule has 0 bridgehead atoms. The summed E-state index contributed by atoms with van der Waals surface area (Å²) in [5.41, 5.74) is 4.43. The van der Waals surface area contributed by atoms with Gasteiger partial charge in [-0.05, 0) is 25.0 Å². The molecule has 1 aromatic heterocycles. The van der Waals surface area contributed by atoms with Crippen molar-refractivity contribution < 1.29 is 9.32 Å². The van der Waals surface area contributed by atoms with Crippen LogP contribution in [0, 0.1) is 0 Å². The summed E-state index contributed by atoms with van der Waals surface area (Å²) in [6, 6.07) is 20.6. The quantitative estimate of drug-likeness (QED) is 0.698. The molecule has 5 nitrogen and oxygen atoms in total. The number of carbonyl (C=O) groups is 1. The number of nitrogens with one attached hydrogen (secondary N) is 1. The lowest BCUT2D eigenvalue weighted by atomic mass is 9.85. The zero-order valence-electron chi connectivity index (χ0n) is 17.0. The molecule has 0 spiro atoms. The molecule has 5 heteroatoms. The molecular weight excluding hydrogens is 362 g/mol. The first-order valence-electron chi connectivity index (χ1n) is 10.3. The second-order valence-electron chi connectivity index (χ2n) is 7.51. The largest absolute Gasteiger partial charge is 0.361 e. The van der Waals surface area contributed by atoms with Crippen molar-refractivity contribution in [1.82, 2.24) is 15.4 Å². The number of amides is 1. The molecule has 0 saturated carbocycles. The van der Waals surface area contributed by atoms with Crippen molar-refractivity contribution in [2.75, 3.05) is 13.1 Å². The van der Waals surface area contributed by atoms with E-state index >= 15 is 0 Å². The molecule has 0 radical (unpaired) electrons. The molecule has 1 N–H and O–H groups in total. The summed E-state index contributed by atoms with van der Waals surface area (Å²) in [5.74, 6) is 1.01. The van der Waals surface area contributed by atoms with E-state index in [4.69, 9.17) is 4.52 Å². The summed E-state index contributed by atoms with van der Waals surface area (Å²) in [4.78, 5) is 14.6. The van der Waals surface area contributed by atoms with Gasteiger partial charge >= 0.3 is 0 Å². The first-order valence-corrected chi connectivity index (χ1v) is 10.3. The number of aromatic nitrogens is 1. The molecule has 0 aliphatic carbocycles. The Hall–Kier alpha value is -2.92. The fraction of sp³-hybridized carbons (Fsp3) is 0.333. The van der Waals surface area contributed by atoms with Gasteiger partial charge in [-0.15, -0.1) is 0 Å². The van der Waals surface area contributed by atoms with Gasteiger partial charge in [0.05, 0.1) is 12.0 Å². The molecule has 150 valence electrons. The van der Waals surface area contributed by atoms with E-state index in [0.717, 1.165) is 30.0 Å². The maximum atomic E-state index is 12.4. The first-order chi connectivity index (χ1) is 14.2. The van der Waals surface area contributed by atoms with Gasteiger partial charge in [0.15, 0.2) is 0 Å². The van der Waals surface area contributed by atoms with Crippen molar-refractivity contribution >= 4 is 5.91 Å². The fourth-order valence-corrected chi connectivity index (χ4v) is 4.09.